The third kappa shape index (κ3) is 1.72. The van der Waals surface area contributed by atoms with E-state index in [4.69, 9.17) is 0 Å². The molecule has 0 aliphatic carbocycles. The summed E-state index contributed by atoms with van der Waals surface area (Å²) in [6.45, 7) is 0. The smallest absolute Gasteiger partial charge is 0.137 e. The molecule has 0 fully saturated rings. The van der Waals surface area contributed by atoms with Gasteiger partial charge in [-0.05, 0) is 23.6 Å². The van der Waals surface area contributed by atoms with Gasteiger partial charge in [-0.15, -0.1) is 0 Å². The monoisotopic (exact) mass is 238 g/mol. The van der Waals surface area contributed by atoms with E-state index < -0.39 is 0 Å². The van der Waals surface area contributed by atoms with Crippen LogP contribution in [0.2, 0.25) is 0 Å². The second kappa shape index (κ2) is 4.14. The fourth-order valence-corrected chi connectivity index (χ4v) is 2.09. The maximum absolute atomic E-state index is 4.40. The fraction of sp³-hybridized carbons (Fsp3) is 0.143. The summed E-state index contributed by atoms with van der Waals surface area (Å²) in [7, 11) is 4.00. The number of imidazole rings is 1. The summed E-state index contributed by atoms with van der Waals surface area (Å²) >= 11 is 0. The maximum atomic E-state index is 4.40. The Morgan fingerprint density at radius 3 is 2.67 bits per heavy atom. The fourth-order valence-electron chi connectivity index (χ4n) is 2.09. The third-order valence-electron chi connectivity index (χ3n) is 2.94. The molecule has 0 spiro atoms. The molecule has 0 radical (unpaired) electrons. The van der Waals surface area contributed by atoms with Crippen molar-refractivity contribution in [2.75, 3.05) is 19.0 Å². The van der Waals surface area contributed by atoms with Crippen molar-refractivity contribution >= 4 is 16.6 Å². The molecule has 18 heavy (non-hydrogen) atoms. The number of hydrogen-bond acceptors (Lipinski definition) is 3. The van der Waals surface area contributed by atoms with Crippen molar-refractivity contribution in [3.05, 3.63) is 42.9 Å². The largest absolute Gasteiger partial charge is 0.362 e. The second-order valence-electron chi connectivity index (χ2n) is 4.40. The van der Waals surface area contributed by atoms with Crippen LogP contribution in [-0.4, -0.2) is 29.0 Å². The Kier molecular flexibility index (Phi) is 2.48. The average molecular weight is 238 g/mol. The highest BCUT2D eigenvalue weighted by Gasteiger charge is 2.06. The first-order valence-corrected chi connectivity index (χ1v) is 5.81. The van der Waals surface area contributed by atoms with Gasteiger partial charge >= 0.3 is 0 Å². The second-order valence-corrected chi connectivity index (χ2v) is 4.40. The molecule has 3 rings (SSSR count). The number of benzene rings is 1. The molecule has 2 heterocycles. The third-order valence-corrected chi connectivity index (χ3v) is 2.94. The van der Waals surface area contributed by atoms with Crippen LogP contribution in [0.5, 0.6) is 0 Å². The number of H-pyrrole nitrogens is 1. The molecule has 3 aromatic rings. The van der Waals surface area contributed by atoms with Crippen molar-refractivity contribution in [3.8, 4) is 11.4 Å². The van der Waals surface area contributed by atoms with Crippen LogP contribution in [-0.2, 0) is 0 Å². The zero-order chi connectivity index (χ0) is 12.5. The Balaban J connectivity index is 2.20. The van der Waals surface area contributed by atoms with Crippen molar-refractivity contribution in [1.82, 2.24) is 15.0 Å². The van der Waals surface area contributed by atoms with E-state index in [0.29, 0.717) is 0 Å². The van der Waals surface area contributed by atoms with E-state index >= 15 is 0 Å². The van der Waals surface area contributed by atoms with Gasteiger partial charge < -0.3 is 9.88 Å². The first-order chi connectivity index (χ1) is 8.75. The number of aromatic amines is 1. The Hall–Kier alpha value is -2.36. The van der Waals surface area contributed by atoms with Crippen LogP contribution in [0.4, 0.5) is 5.82 Å². The minimum absolute atomic E-state index is 0.889. The predicted molar refractivity (Wildman–Crippen MR) is 73.7 cm³/mol. The van der Waals surface area contributed by atoms with Crippen LogP contribution in [0.25, 0.3) is 22.2 Å². The number of fused-ring (bicyclic) bond motifs is 1. The van der Waals surface area contributed by atoms with E-state index in [1.807, 2.05) is 37.5 Å². The van der Waals surface area contributed by atoms with Gasteiger partial charge in [-0.3, -0.25) is 0 Å². The maximum Gasteiger partial charge on any atom is 0.137 e. The quantitative estimate of drug-likeness (QED) is 0.746. The van der Waals surface area contributed by atoms with Crippen LogP contribution >= 0.6 is 0 Å². The Bertz CT molecular complexity index is 671. The minimum atomic E-state index is 0.889. The van der Waals surface area contributed by atoms with E-state index in [-0.39, 0.29) is 0 Å². The number of anilines is 1. The Morgan fingerprint density at radius 1 is 1.06 bits per heavy atom. The Morgan fingerprint density at radius 2 is 1.94 bits per heavy atom. The van der Waals surface area contributed by atoms with Crippen molar-refractivity contribution in [2.45, 2.75) is 0 Å². The molecule has 0 amide bonds. The lowest BCUT2D eigenvalue weighted by atomic mass is 10.1. The molecule has 4 nitrogen and oxygen atoms in total. The van der Waals surface area contributed by atoms with Crippen molar-refractivity contribution in [3.63, 3.8) is 0 Å². The summed E-state index contributed by atoms with van der Waals surface area (Å²) in [5.74, 6) is 1.87. The molecular formula is C14H14N4. The van der Waals surface area contributed by atoms with Gasteiger partial charge in [0.25, 0.3) is 0 Å². The summed E-state index contributed by atoms with van der Waals surface area (Å²) in [6, 6.07) is 8.31. The zero-order valence-electron chi connectivity index (χ0n) is 10.4. The van der Waals surface area contributed by atoms with Crippen LogP contribution in [0, 0.1) is 0 Å². The van der Waals surface area contributed by atoms with Crippen LogP contribution in [0.15, 0.2) is 42.9 Å². The van der Waals surface area contributed by atoms with Gasteiger partial charge in [0, 0.05) is 43.6 Å². The van der Waals surface area contributed by atoms with Gasteiger partial charge in [-0.25, -0.2) is 9.97 Å². The van der Waals surface area contributed by atoms with Crippen LogP contribution < -0.4 is 4.90 Å². The molecule has 0 aliphatic rings. The molecule has 0 atom stereocenters. The molecule has 90 valence electrons. The van der Waals surface area contributed by atoms with Gasteiger partial charge in [-0.1, -0.05) is 6.07 Å². The lowest BCUT2D eigenvalue weighted by Crippen LogP contribution is -2.10. The standard InChI is InChI=1S/C14H14N4/c1-18(2)14-12-4-3-11(13-15-7-8-16-13)9-10(12)5-6-17-14/h3-9H,1-2H3,(H,15,16). The van der Waals surface area contributed by atoms with E-state index in [9.17, 15) is 0 Å². The molecule has 0 unspecified atom stereocenters. The van der Waals surface area contributed by atoms with E-state index in [0.717, 1.165) is 22.6 Å². The molecule has 1 N–H and O–H groups in total. The molecule has 2 aromatic heterocycles. The average Bonchev–Trinajstić information content (AvgIpc) is 2.91. The van der Waals surface area contributed by atoms with Crippen LogP contribution in [0.1, 0.15) is 0 Å². The zero-order valence-corrected chi connectivity index (χ0v) is 10.4. The highest BCUT2D eigenvalue weighted by Crippen LogP contribution is 2.26. The summed E-state index contributed by atoms with van der Waals surface area (Å²) in [6.07, 6.45) is 5.43. The number of aromatic nitrogens is 3. The molecule has 0 aliphatic heterocycles. The summed E-state index contributed by atoms with van der Waals surface area (Å²) < 4.78 is 0. The molecular weight excluding hydrogens is 224 g/mol. The number of rotatable bonds is 2. The normalized spacial score (nSPS) is 10.8. The topological polar surface area (TPSA) is 44.8 Å². The minimum Gasteiger partial charge on any atom is -0.362 e. The number of nitrogens with zero attached hydrogens (tertiary/aromatic N) is 3. The van der Waals surface area contributed by atoms with E-state index in [1.54, 1.807) is 6.20 Å². The van der Waals surface area contributed by atoms with Crippen molar-refractivity contribution in [2.24, 2.45) is 0 Å². The predicted octanol–water partition coefficient (Wildman–Crippen LogP) is 2.69. The molecule has 0 saturated carbocycles. The van der Waals surface area contributed by atoms with Gasteiger partial charge in [-0.2, -0.15) is 0 Å². The molecule has 4 heteroatoms. The highest BCUT2D eigenvalue weighted by molar-refractivity contribution is 5.94. The molecule has 0 bridgehead atoms. The van der Waals surface area contributed by atoms with Gasteiger partial charge in [0.15, 0.2) is 0 Å². The number of nitrogens with one attached hydrogen (secondary N) is 1. The first kappa shape index (κ1) is 10.8. The van der Waals surface area contributed by atoms with Gasteiger partial charge in [0.2, 0.25) is 0 Å². The van der Waals surface area contributed by atoms with Crippen molar-refractivity contribution in [1.29, 1.82) is 0 Å². The molecule has 1 aromatic carbocycles. The van der Waals surface area contributed by atoms with E-state index in [1.165, 1.54) is 5.39 Å². The summed E-state index contributed by atoms with van der Waals surface area (Å²) in [5.41, 5.74) is 1.09. The first-order valence-electron chi connectivity index (χ1n) is 5.81. The molecule has 0 saturated heterocycles. The number of hydrogen-bond donors (Lipinski definition) is 1. The van der Waals surface area contributed by atoms with Crippen molar-refractivity contribution < 1.29 is 0 Å². The summed E-state index contributed by atoms with van der Waals surface area (Å²) in [4.78, 5) is 13.8. The van der Waals surface area contributed by atoms with Gasteiger partial charge in [0.05, 0.1) is 0 Å². The van der Waals surface area contributed by atoms with Crippen LogP contribution in [0.3, 0.4) is 0 Å². The number of pyridine rings is 1. The Labute approximate surface area is 105 Å². The van der Waals surface area contributed by atoms with Gasteiger partial charge in [0.1, 0.15) is 11.6 Å². The lowest BCUT2D eigenvalue weighted by molar-refractivity contribution is 1.08. The van der Waals surface area contributed by atoms with E-state index in [2.05, 4.69) is 33.2 Å². The summed E-state index contributed by atoms with van der Waals surface area (Å²) in [5, 5.41) is 2.32. The SMILES string of the molecule is CN(C)c1nccc2cc(-c3ncc[nH]3)ccc12. The lowest BCUT2D eigenvalue weighted by Gasteiger charge is -2.14. The highest BCUT2D eigenvalue weighted by atomic mass is 15.1.